The number of ether oxygens (including phenoxy) is 5. The Hall–Kier alpha value is -2.45. The van der Waals surface area contributed by atoms with E-state index in [1.54, 1.807) is 6.92 Å². The standard InChI is InChI=1S/C45H72O15/c1-3-5-6-7-8-9-10-11-12-13-14-15-16-17-18-19-20-21-22-24-31(48)25-23-26-56-45-43(57-33-27-30(28-46)35(49)39(53)36(33)50)42(38(52)32(4-2)58-45)60-44-41(55)40(54)37(51)34(29-47)59-44/h5-6,8-9,11-12,14-15,17-18,20-21,30,32-47,49-55H,3-4,7,10,13,16,19,22-29H2,1-2H3/b6-5-,9-8-,12-11-,15-14-,18-17-,21-20-/t30-,32-,33-,34-,35-,36+,37-,38-,39+,40+,41-,42+,43-,44+,45-/m1/s1. The summed E-state index contributed by atoms with van der Waals surface area (Å²) in [5, 5.41) is 94.2. The first-order valence-electron chi connectivity index (χ1n) is 21.6. The van der Waals surface area contributed by atoms with E-state index in [1.807, 2.05) is 12.2 Å². The van der Waals surface area contributed by atoms with E-state index >= 15 is 0 Å². The third-order valence-corrected chi connectivity index (χ3v) is 10.9. The van der Waals surface area contributed by atoms with Gasteiger partial charge >= 0.3 is 0 Å². The van der Waals surface area contributed by atoms with Gasteiger partial charge in [0.05, 0.1) is 31.5 Å². The number of Topliss-reactive ketones (excluding diaryl/α,β-unsaturated/α-hetero) is 1. The van der Waals surface area contributed by atoms with Gasteiger partial charge in [0.1, 0.15) is 60.7 Å². The van der Waals surface area contributed by atoms with Crippen LogP contribution in [0.4, 0.5) is 0 Å². The number of ketones is 1. The molecule has 9 N–H and O–H groups in total. The first kappa shape index (κ1) is 51.9. The number of aliphatic hydroxyl groups is 9. The van der Waals surface area contributed by atoms with Crippen LogP contribution in [0.25, 0.3) is 0 Å². The van der Waals surface area contributed by atoms with Crippen molar-refractivity contribution in [3.8, 4) is 0 Å². The highest BCUT2D eigenvalue weighted by atomic mass is 16.7. The maximum atomic E-state index is 12.7. The van der Waals surface area contributed by atoms with Crippen molar-refractivity contribution < 1.29 is 74.4 Å². The zero-order chi connectivity index (χ0) is 43.9. The lowest BCUT2D eigenvalue weighted by Gasteiger charge is -2.49. The van der Waals surface area contributed by atoms with Crippen LogP contribution in [-0.2, 0) is 28.5 Å². The van der Waals surface area contributed by atoms with Gasteiger partial charge < -0.3 is 69.6 Å². The summed E-state index contributed by atoms with van der Waals surface area (Å²) in [5.41, 5.74) is 0. The molecular formula is C45H72O15. The summed E-state index contributed by atoms with van der Waals surface area (Å²) in [5.74, 6) is -0.830. The van der Waals surface area contributed by atoms with Gasteiger partial charge in [-0.3, -0.25) is 4.79 Å². The molecule has 0 aromatic carbocycles. The fourth-order valence-corrected chi connectivity index (χ4v) is 7.27. The van der Waals surface area contributed by atoms with Crippen molar-refractivity contribution in [3.63, 3.8) is 0 Å². The topological polar surface area (TPSA) is 245 Å². The highest BCUT2D eigenvalue weighted by Gasteiger charge is 2.53. The average Bonchev–Trinajstić information content (AvgIpc) is 3.24. The van der Waals surface area contributed by atoms with Gasteiger partial charge in [0.25, 0.3) is 0 Å². The number of carbonyl (C=O) groups is 1. The summed E-state index contributed by atoms with van der Waals surface area (Å²) in [7, 11) is 0. The summed E-state index contributed by atoms with van der Waals surface area (Å²) in [6.07, 6.45) is 12.0. The van der Waals surface area contributed by atoms with E-state index in [0.29, 0.717) is 19.3 Å². The van der Waals surface area contributed by atoms with Gasteiger partial charge in [-0.1, -0.05) is 86.8 Å². The number of rotatable bonds is 26. The summed E-state index contributed by atoms with van der Waals surface area (Å²) < 4.78 is 30.0. The lowest BCUT2D eigenvalue weighted by atomic mass is 9.81. The third kappa shape index (κ3) is 16.7. The lowest BCUT2D eigenvalue weighted by Crippen LogP contribution is -2.66. The second kappa shape index (κ2) is 29.0. The Balaban J connectivity index is 1.50. The average molecular weight is 853 g/mol. The second-order valence-corrected chi connectivity index (χ2v) is 15.5. The summed E-state index contributed by atoms with van der Waals surface area (Å²) >= 11 is 0. The minimum atomic E-state index is -1.81. The quantitative estimate of drug-likeness (QED) is 0.0448. The largest absolute Gasteiger partial charge is 0.396 e. The minimum absolute atomic E-state index is 0.0172. The molecule has 60 heavy (non-hydrogen) atoms. The van der Waals surface area contributed by atoms with E-state index in [2.05, 4.69) is 67.7 Å². The van der Waals surface area contributed by atoms with Crippen LogP contribution in [0.15, 0.2) is 72.9 Å². The number of allylic oxidation sites excluding steroid dienone is 12. The van der Waals surface area contributed by atoms with Crippen LogP contribution in [0.5, 0.6) is 0 Å². The molecule has 15 heteroatoms. The van der Waals surface area contributed by atoms with Gasteiger partial charge in [0, 0.05) is 25.4 Å². The zero-order valence-corrected chi connectivity index (χ0v) is 35.2. The Bertz CT molecular complexity index is 1360. The highest BCUT2D eigenvalue weighted by Crippen LogP contribution is 2.36. The van der Waals surface area contributed by atoms with E-state index < -0.39 is 105 Å². The molecule has 0 unspecified atom stereocenters. The first-order chi connectivity index (χ1) is 29.0. The van der Waals surface area contributed by atoms with Crippen LogP contribution in [0.2, 0.25) is 0 Å². The van der Waals surface area contributed by atoms with E-state index in [4.69, 9.17) is 23.7 Å². The predicted octanol–water partition coefficient (Wildman–Crippen LogP) is 2.36. The van der Waals surface area contributed by atoms with Crippen molar-refractivity contribution in [2.24, 2.45) is 5.92 Å². The van der Waals surface area contributed by atoms with E-state index in [-0.39, 0.29) is 31.7 Å². The van der Waals surface area contributed by atoms with Crippen LogP contribution in [0, 0.1) is 5.92 Å². The molecule has 0 aromatic rings. The Morgan fingerprint density at radius 1 is 0.567 bits per heavy atom. The molecular weight excluding hydrogens is 780 g/mol. The SMILES string of the molecule is CC/C=C\C/C=C\C/C=C\C/C=C\C/C=C\C/C=C\CCC(=O)CCCO[C@@H]1O[C@H](CC)[C@@H](O)[C@H](O[C@@H]2O[C@H](CO)[C@@H](O)[C@H](O)[C@H]2O)[C@H]1O[C@@H]1C[C@H](CO)[C@@H](O)[C@H](O)[C@H]1O. The molecule has 1 saturated carbocycles. The number of hydrogen-bond donors (Lipinski definition) is 9. The fraction of sp³-hybridized carbons (Fsp3) is 0.711. The number of carbonyl (C=O) groups excluding carboxylic acids is 1. The fourth-order valence-electron chi connectivity index (χ4n) is 7.27. The second-order valence-electron chi connectivity index (χ2n) is 15.5. The molecule has 2 aliphatic heterocycles. The van der Waals surface area contributed by atoms with E-state index in [1.165, 1.54) is 0 Å². The van der Waals surface area contributed by atoms with Gasteiger partial charge in [0.15, 0.2) is 12.6 Å². The van der Waals surface area contributed by atoms with Crippen LogP contribution in [0.1, 0.15) is 90.9 Å². The van der Waals surface area contributed by atoms with Gasteiger partial charge in [-0.2, -0.15) is 0 Å². The minimum Gasteiger partial charge on any atom is -0.396 e. The molecule has 0 bridgehead atoms. The molecule has 0 amide bonds. The molecule has 3 fully saturated rings. The summed E-state index contributed by atoms with van der Waals surface area (Å²) in [6.45, 7) is 2.64. The molecule has 342 valence electrons. The molecule has 2 saturated heterocycles. The smallest absolute Gasteiger partial charge is 0.187 e. The van der Waals surface area contributed by atoms with Crippen LogP contribution >= 0.6 is 0 Å². The molecule has 3 rings (SSSR count). The molecule has 2 heterocycles. The monoisotopic (exact) mass is 852 g/mol. The Labute approximate surface area is 355 Å². The highest BCUT2D eigenvalue weighted by molar-refractivity contribution is 5.78. The summed E-state index contributed by atoms with van der Waals surface area (Å²) in [6, 6.07) is 0. The van der Waals surface area contributed by atoms with Crippen molar-refractivity contribution in [1.82, 2.24) is 0 Å². The molecule has 15 nitrogen and oxygen atoms in total. The van der Waals surface area contributed by atoms with Crippen molar-refractivity contribution in [2.75, 3.05) is 19.8 Å². The van der Waals surface area contributed by atoms with Gasteiger partial charge in [-0.25, -0.2) is 0 Å². The first-order valence-corrected chi connectivity index (χ1v) is 21.6. The maximum absolute atomic E-state index is 12.7. The molecule has 0 aromatic heterocycles. The molecule has 0 radical (unpaired) electrons. The van der Waals surface area contributed by atoms with Crippen LogP contribution in [-0.4, -0.2) is 157 Å². The predicted molar refractivity (Wildman–Crippen MR) is 223 cm³/mol. The van der Waals surface area contributed by atoms with Crippen molar-refractivity contribution in [2.45, 2.75) is 177 Å². The Morgan fingerprint density at radius 3 is 1.67 bits per heavy atom. The number of hydrogen-bond acceptors (Lipinski definition) is 15. The normalized spacial score (nSPS) is 35.7. The number of aliphatic hydroxyl groups excluding tert-OH is 9. The Morgan fingerprint density at radius 2 is 1.12 bits per heavy atom. The molecule has 15 atom stereocenters. The van der Waals surface area contributed by atoms with E-state index in [0.717, 1.165) is 38.5 Å². The van der Waals surface area contributed by atoms with Crippen LogP contribution in [0.3, 0.4) is 0 Å². The molecule has 1 aliphatic carbocycles. The van der Waals surface area contributed by atoms with Gasteiger partial charge in [-0.05, 0) is 64.2 Å². The third-order valence-electron chi connectivity index (χ3n) is 10.9. The van der Waals surface area contributed by atoms with E-state index in [9.17, 15) is 50.8 Å². The summed E-state index contributed by atoms with van der Waals surface area (Å²) in [4.78, 5) is 12.7. The lowest BCUT2D eigenvalue weighted by molar-refractivity contribution is -0.370. The van der Waals surface area contributed by atoms with Crippen molar-refractivity contribution in [1.29, 1.82) is 0 Å². The van der Waals surface area contributed by atoms with Gasteiger partial charge in [0.2, 0.25) is 0 Å². The molecule has 3 aliphatic rings. The van der Waals surface area contributed by atoms with Crippen molar-refractivity contribution >= 4 is 5.78 Å². The van der Waals surface area contributed by atoms with Gasteiger partial charge in [-0.15, -0.1) is 0 Å². The zero-order valence-electron chi connectivity index (χ0n) is 35.2. The van der Waals surface area contributed by atoms with Crippen LogP contribution < -0.4 is 0 Å². The Kier molecular flexibility index (Phi) is 25.1. The van der Waals surface area contributed by atoms with Crippen molar-refractivity contribution in [3.05, 3.63) is 72.9 Å². The maximum Gasteiger partial charge on any atom is 0.187 e. The molecule has 0 spiro atoms.